The molecule has 1 heterocycles. The van der Waals surface area contributed by atoms with Crippen LogP contribution in [0.25, 0.3) is 0 Å². The molecule has 0 bridgehead atoms. The summed E-state index contributed by atoms with van der Waals surface area (Å²) in [5.41, 5.74) is 1.11. The molecule has 2 amide bonds. The Morgan fingerprint density at radius 2 is 1.51 bits per heavy atom. The molecule has 8 nitrogen and oxygen atoms in total. The Labute approximate surface area is 226 Å². The van der Waals surface area contributed by atoms with E-state index >= 15 is 0 Å². The fourth-order valence-corrected chi connectivity index (χ4v) is 5.04. The van der Waals surface area contributed by atoms with Gasteiger partial charge >= 0.3 is 5.97 Å². The molecule has 1 saturated carbocycles. The summed E-state index contributed by atoms with van der Waals surface area (Å²) in [5.74, 6) is -3.80. The summed E-state index contributed by atoms with van der Waals surface area (Å²) in [4.78, 5) is 38.2. The van der Waals surface area contributed by atoms with Crippen LogP contribution in [-0.4, -0.2) is 55.2 Å². The fraction of sp³-hybridized carbons (Fsp3) is 0.483. The third-order valence-corrected chi connectivity index (χ3v) is 7.56. The highest BCUT2D eigenvalue weighted by Gasteiger charge is 2.28. The molecule has 0 radical (unpaired) electrons. The standard InChI is InChI=1S/C29H35F2N3O5/c1-18-10-14-34(15-11-18)21-6-2-19(3-7-21)27(35)32-12-13-33-28(36)23-16-25(31)26(17-24(23)30)39-22-8-4-20(5-9-22)29(37)38/h2-3,6-7,16-18,20,22H,4-5,8-15H2,1H3,(H,32,35)(H,33,36)(H,37,38). The van der Waals surface area contributed by atoms with Crippen molar-refractivity contribution in [2.75, 3.05) is 31.1 Å². The van der Waals surface area contributed by atoms with Gasteiger partial charge < -0.3 is 25.4 Å². The van der Waals surface area contributed by atoms with Gasteiger partial charge in [0.1, 0.15) is 5.82 Å². The quantitative estimate of drug-likeness (QED) is 0.405. The van der Waals surface area contributed by atoms with Crippen LogP contribution >= 0.6 is 0 Å². The number of carbonyl (C=O) groups is 3. The maximum atomic E-state index is 14.6. The number of ether oxygens (including phenoxy) is 1. The van der Waals surface area contributed by atoms with Gasteiger partial charge in [0.05, 0.1) is 17.6 Å². The SMILES string of the molecule is CC1CCN(c2ccc(C(=O)NCCNC(=O)c3cc(F)c(OC4CCC(C(=O)O)CC4)cc3F)cc2)CC1. The molecule has 39 heavy (non-hydrogen) atoms. The number of carboxylic acids is 1. The van der Waals surface area contributed by atoms with Gasteiger partial charge in [-0.05, 0) is 74.8 Å². The Bertz CT molecular complexity index is 1170. The van der Waals surface area contributed by atoms with Crippen LogP contribution in [-0.2, 0) is 4.79 Å². The van der Waals surface area contributed by atoms with Crippen molar-refractivity contribution in [3.8, 4) is 5.75 Å². The number of hydrogen-bond acceptors (Lipinski definition) is 5. The van der Waals surface area contributed by atoms with Crippen molar-refractivity contribution in [1.29, 1.82) is 0 Å². The molecule has 2 aliphatic rings. The molecule has 1 saturated heterocycles. The van der Waals surface area contributed by atoms with Crippen molar-refractivity contribution in [2.45, 2.75) is 51.6 Å². The molecular formula is C29H35F2N3O5. The van der Waals surface area contributed by atoms with E-state index in [1.165, 1.54) is 0 Å². The lowest BCUT2D eigenvalue weighted by atomic mass is 9.87. The number of carbonyl (C=O) groups excluding carboxylic acids is 2. The molecule has 0 aromatic heterocycles. The minimum Gasteiger partial charge on any atom is -0.487 e. The molecule has 10 heteroatoms. The first-order valence-electron chi connectivity index (χ1n) is 13.5. The predicted molar refractivity (Wildman–Crippen MR) is 142 cm³/mol. The molecule has 2 aromatic rings. The fourth-order valence-electron chi connectivity index (χ4n) is 5.04. The van der Waals surface area contributed by atoms with Crippen molar-refractivity contribution < 1.29 is 33.0 Å². The number of nitrogens with one attached hydrogen (secondary N) is 2. The minimum atomic E-state index is -0.935. The number of benzene rings is 2. The van der Waals surface area contributed by atoms with Crippen LogP contribution < -0.4 is 20.3 Å². The van der Waals surface area contributed by atoms with E-state index < -0.39 is 41.1 Å². The number of rotatable bonds is 9. The average Bonchev–Trinajstić information content (AvgIpc) is 2.93. The van der Waals surface area contributed by atoms with Crippen molar-refractivity contribution in [2.24, 2.45) is 11.8 Å². The summed E-state index contributed by atoms with van der Waals surface area (Å²) in [5, 5.41) is 14.3. The van der Waals surface area contributed by atoms with Crippen LogP contribution in [0.5, 0.6) is 5.75 Å². The average molecular weight is 544 g/mol. The van der Waals surface area contributed by atoms with Crippen molar-refractivity contribution in [3.63, 3.8) is 0 Å². The van der Waals surface area contributed by atoms with Gasteiger partial charge in [0.2, 0.25) is 0 Å². The summed E-state index contributed by atoms with van der Waals surface area (Å²) in [6, 6.07) is 9.01. The highest BCUT2D eigenvalue weighted by atomic mass is 19.1. The summed E-state index contributed by atoms with van der Waals surface area (Å²) in [6.07, 6.45) is 3.55. The maximum absolute atomic E-state index is 14.6. The van der Waals surface area contributed by atoms with Crippen molar-refractivity contribution in [1.82, 2.24) is 10.6 Å². The molecule has 0 unspecified atom stereocenters. The summed E-state index contributed by atoms with van der Waals surface area (Å²) in [6.45, 7) is 4.40. The predicted octanol–water partition coefficient (Wildman–Crippen LogP) is 4.38. The van der Waals surface area contributed by atoms with Gasteiger partial charge in [-0.25, -0.2) is 8.78 Å². The van der Waals surface area contributed by atoms with Gasteiger partial charge in [0, 0.05) is 43.5 Å². The molecule has 210 valence electrons. The van der Waals surface area contributed by atoms with Gasteiger partial charge in [0.15, 0.2) is 11.6 Å². The zero-order valence-electron chi connectivity index (χ0n) is 22.1. The number of carboxylic acid groups (broad SMARTS) is 1. The zero-order chi connectivity index (χ0) is 27.9. The van der Waals surface area contributed by atoms with E-state index in [0.717, 1.165) is 49.7 Å². The maximum Gasteiger partial charge on any atom is 0.306 e. The second-order valence-corrected chi connectivity index (χ2v) is 10.4. The Morgan fingerprint density at radius 1 is 0.897 bits per heavy atom. The molecule has 0 spiro atoms. The Kier molecular flexibility index (Phi) is 9.37. The van der Waals surface area contributed by atoms with Crippen LogP contribution in [0.1, 0.15) is 66.2 Å². The number of amides is 2. The molecular weight excluding hydrogens is 508 g/mol. The topological polar surface area (TPSA) is 108 Å². The third kappa shape index (κ3) is 7.46. The molecule has 4 rings (SSSR count). The number of anilines is 1. The van der Waals surface area contributed by atoms with E-state index in [1.54, 1.807) is 12.1 Å². The Balaban J connectivity index is 1.22. The van der Waals surface area contributed by atoms with Crippen LogP contribution in [0, 0.1) is 23.5 Å². The Morgan fingerprint density at radius 3 is 2.13 bits per heavy atom. The van der Waals surface area contributed by atoms with E-state index in [4.69, 9.17) is 9.84 Å². The Hall–Kier alpha value is -3.69. The minimum absolute atomic E-state index is 0.0285. The number of nitrogens with zero attached hydrogens (tertiary/aromatic N) is 1. The number of hydrogen-bond donors (Lipinski definition) is 3. The van der Waals surface area contributed by atoms with Gasteiger partial charge in [-0.3, -0.25) is 14.4 Å². The van der Waals surface area contributed by atoms with Gasteiger partial charge in [-0.2, -0.15) is 0 Å². The van der Waals surface area contributed by atoms with Crippen LogP contribution in [0.2, 0.25) is 0 Å². The van der Waals surface area contributed by atoms with Crippen molar-refractivity contribution in [3.05, 3.63) is 59.2 Å². The van der Waals surface area contributed by atoms with Crippen LogP contribution in [0.4, 0.5) is 14.5 Å². The molecule has 1 aliphatic carbocycles. The molecule has 0 atom stereocenters. The van der Waals surface area contributed by atoms with Gasteiger partial charge in [-0.15, -0.1) is 0 Å². The molecule has 3 N–H and O–H groups in total. The first kappa shape index (κ1) is 28.3. The molecule has 2 aromatic carbocycles. The second-order valence-electron chi connectivity index (χ2n) is 10.4. The first-order valence-corrected chi connectivity index (χ1v) is 13.5. The molecule has 2 fully saturated rings. The highest BCUT2D eigenvalue weighted by Crippen LogP contribution is 2.30. The largest absolute Gasteiger partial charge is 0.487 e. The zero-order valence-corrected chi connectivity index (χ0v) is 22.1. The summed E-state index contributed by atoms with van der Waals surface area (Å²) in [7, 11) is 0. The van der Waals surface area contributed by atoms with E-state index in [1.807, 2.05) is 12.1 Å². The lowest BCUT2D eigenvalue weighted by Crippen LogP contribution is -2.35. The van der Waals surface area contributed by atoms with Crippen molar-refractivity contribution >= 4 is 23.5 Å². The first-order chi connectivity index (χ1) is 18.7. The van der Waals surface area contributed by atoms with E-state index in [-0.39, 0.29) is 24.7 Å². The molecule has 1 aliphatic heterocycles. The van der Waals surface area contributed by atoms with Crippen LogP contribution in [0.15, 0.2) is 36.4 Å². The normalized spacial score (nSPS) is 19.8. The van der Waals surface area contributed by atoms with Gasteiger partial charge in [0.25, 0.3) is 11.8 Å². The van der Waals surface area contributed by atoms with E-state index in [9.17, 15) is 23.2 Å². The lowest BCUT2D eigenvalue weighted by molar-refractivity contribution is -0.143. The third-order valence-electron chi connectivity index (χ3n) is 7.56. The second kappa shape index (κ2) is 12.9. The van der Waals surface area contributed by atoms with E-state index in [0.29, 0.717) is 31.2 Å². The number of piperidine rings is 1. The van der Waals surface area contributed by atoms with Gasteiger partial charge in [-0.1, -0.05) is 6.92 Å². The van der Waals surface area contributed by atoms with Crippen LogP contribution in [0.3, 0.4) is 0 Å². The smallest absolute Gasteiger partial charge is 0.306 e. The summed E-state index contributed by atoms with van der Waals surface area (Å²) < 4.78 is 34.7. The van der Waals surface area contributed by atoms with E-state index in [2.05, 4.69) is 22.5 Å². The number of halogens is 2. The number of aliphatic carboxylic acids is 1. The highest BCUT2D eigenvalue weighted by molar-refractivity contribution is 5.95. The summed E-state index contributed by atoms with van der Waals surface area (Å²) >= 11 is 0. The monoisotopic (exact) mass is 543 g/mol. The lowest BCUT2D eigenvalue weighted by Gasteiger charge is -2.32.